The van der Waals surface area contributed by atoms with E-state index < -0.39 is 11.6 Å². The summed E-state index contributed by atoms with van der Waals surface area (Å²) in [7, 11) is 0. The highest BCUT2D eigenvalue weighted by Crippen LogP contribution is 2.26. The number of alkyl halides is 1. The number of hydrogen-bond acceptors (Lipinski definition) is 1. The average Bonchev–Trinajstić information content (AvgIpc) is 2.21. The van der Waals surface area contributed by atoms with Crippen LogP contribution in [0.15, 0.2) is 18.2 Å². The van der Waals surface area contributed by atoms with E-state index in [1.807, 2.05) is 0 Å². The molecule has 94 valence electrons. The molecule has 1 aliphatic carbocycles. The number of rotatable bonds is 5. The minimum Gasteiger partial charge on any atom is -0.295 e. The normalized spacial score (nSPS) is 16.2. The van der Waals surface area contributed by atoms with Crippen LogP contribution in [0.25, 0.3) is 0 Å². The van der Waals surface area contributed by atoms with Crippen molar-refractivity contribution in [2.75, 3.05) is 11.9 Å². The van der Waals surface area contributed by atoms with Crippen LogP contribution in [0, 0.1) is 11.6 Å². The molecule has 0 unspecified atom stereocenters. The molecule has 0 aliphatic heterocycles. The Hall–Kier alpha value is -0.480. The summed E-state index contributed by atoms with van der Waals surface area (Å²) in [5.41, 5.74) is 0.844. The van der Waals surface area contributed by atoms with Crippen LogP contribution in [-0.4, -0.2) is 22.8 Å². The topological polar surface area (TPSA) is 3.24 Å². The van der Waals surface area contributed by atoms with Gasteiger partial charge in [-0.3, -0.25) is 4.90 Å². The zero-order chi connectivity index (χ0) is 12.3. The van der Waals surface area contributed by atoms with Crippen molar-refractivity contribution in [3.63, 3.8) is 0 Å². The fourth-order valence-corrected chi connectivity index (χ4v) is 2.58. The maximum atomic E-state index is 13.1. The van der Waals surface area contributed by atoms with Gasteiger partial charge >= 0.3 is 0 Å². The molecule has 0 bridgehead atoms. The summed E-state index contributed by atoms with van der Waals surface area (Å²) in [5.74, 6) is -1.53. The Kier molecular flexibility index (Phi) is 4.51. The van der Waals surface area contributed by atoms with Gasteiger partial charge < -0.3 is 0 Å². The van der Waals surface area contributed by atoms with Crippen molar-refractivity contribution in [3.05, 3.63) is 35.4 Å². The van der Waals surface area contributed by atoms with Crippen molar-refractivity contribution in [2.45, 2.75) is 31.8 Å². The van der Waals surface area contributed by atoms with Gasteiger partial charge in [-0.2, -0.15) is 0 Å². The molecule has 17 heavy (non-hydrogen) atoms. The first-order valence-corrected chi connectivity index (χ1v) is 7.07. The molecule has 1 saturated carbocycles. The Bertz CT molecular complexity index is 380. The van der Waals surface area contributed by atoms with Gasteiger partial charge in [-0.15, -0.1) is 0 Å². The minimum absolute atomic E-state index is 0.612. The molecule has 1 aliphatic rings. The van der Waals surface area contributed by atoms with Crippen LogP contribution in [0.2, 0.25) is 0 Å². The summed E-state index contributed by atoms with van der Waals surface area (Å²) >= 11 is 3.44. The van der Waals surface area contributed by atoms with E-state index in [2.05, 4.69) is 20.8 Å². The molecule has 0 aromatic heterocycles. The maximum absolute atomic E-state index is 13.1. The second-order valence-electron chi connectivity index (χ2n) is 4.49. The molecular weight excluding hydrogens is 288 g/mol. The van der Waals surface area contributed by atoms with E-state index in [4.69, 9.17) is 0 Å². The van der Waals surface area contributed by atoms with Gasteiger partial charge in [-0.1, -0.05) is 28.4 Å². The highest BCUT2D eigenvalue weighted by atomic mass is 79.9. The van der Waals surface area contributed by atoms with Crippen LogP contribution in [0.1, 0.15) is 24.8 Å². The van der Waals surface area contributed by atoms with E-state index >= 15 is 0 Å². The standard InChI is InChI=1S/C13H16BrF2N/c14-6-7-17(11-2-1-3-11)9-10-4-5-12(15)13(16)8-10/h4-5,8,11H,1-3,6-7,9H2. The molecule has 1 aromatic carbocycles. The van der Waals surface area contributed by atoms with Gasteiger partial charge in [0.15, 0.2) is 11.6 Å². The van der Waals surface area contributed by atoms with E-state index in [0.717, 1.165) is 17.4 Å². The fraction of sp³-hybridized carbons (Fsp3) is 0.538. The quantitative estimate of drug-likeness (QED) is 0.750. The Balaban J connectivity index is 2.02. The molecular formula is C13H16BrF2N. The first-order valence-electron chi connectivity index (χ1n) is 5.94. The van der Waals surface area contributed by atoms with Crippen molar-refractivity contribution in [2.24, 2.45) is 0 Å². The lowest BCUT2D eigenvalue weighted by atomic mass is 9.91. The van der Waals surface area contributed by atoms with Gasteiger partial charge in [0.1, 0.15) is 0 Å². The van der Waals surface area contributed by atoms with E-state index in [-0.39, 0.29) is 0 Å². The predicted octanol–water partition coefficient (Wildman–Crippen LogP) is 3.71. The van der Waals surface area contributed by atoms with Crippen LogP contribution >= 0.6 is 15.9 Å². The second-order valence-corrected chi connectivity index (χ2v) is 5.29. The number of benzene rings is 1. The summed E-state index contributed by atoms with van der Waals surface area (Å²) in [5, 5.41) is 0.910. The SMILES string of the molecule is Fc1ccc(CN(CCBr)C2CCC2)cc1F. The largest absolute Gasteiger partial charge is 0.295 e. The van der Waals surface area contributed by atoms with Gasteiger partial charge in [0.25, 0.3) is 0 Å². The van der Waals surface area contributed by atoms with Crippen molar-refractivity contribution in [1.29, 1.82) is 0 Å². The van der Waals surface area contributed by atoms with E-state index in [1.54, 1.807) is 6.07 Å². The molecule has 0 atom stereocenters. The third-order valence-electron chi connectivity index (χ3n) is 3.33. The molecule has 1 fully saturated rings. The molecule has 0 N–H and O–H groups in total. The summed E-state index contributed by atoms with van der Waals surface area (Å²) in [4.78, 5) is 2.34. The van der Waals surface area contributed by atoms with Gasteiger partial charge in [-0.25, -0.2) is 8.78 Å². The van der Waals surface area contributed by atoms with Crippen molar-refractivity contribution >= 4 is 15.9 Å². The van der Waals surface area contributed by atoms with Crippen LogP contribution < -0.4 is 0 Å². The van der Waals surface area contributed by atoms with Crippen LogP contribution in [0.3, 0.4) is 0 Å². The third-order valence-corrected chi connectivity index (χ3v) is 3.69. The summed E-state index contributed by atoms with van der Waals surface area (Å²) in [6, 6.07) is 4.78. The van der Waals surface area contributed by atoms with Crippen molar-refractivity contribution in [3.8, 4) is 0 Å². The van der Waals surface area contributed by atoms with Gasteiger partial charge in [-0.05, 0) is 30.5 Å². The Morgan fingerprint density at radius 1 is 1.24 bits per heavy atom. The molecule has 2 rings (SSSR count). The molecule has 0 heterocycles. The van der Waals surface area contributed by atoms with E-state index in [1.165, 1.54) is 31.4 Å². The lowest BCUT2D eigenvalue weighted by Gasteiger charge is -2.37. The molecule has 0 saturated heterocycles. The first kappa shape index (κ1) is 13.0. The average molecular weight is 304 g/mol. The Labute approximate surface area is 109 Å². The molecule has 1 nitrogen and oxygen atoms in total. The lowest BCUT2D eigenvalue weighted by molar-refractivity contribution is 0.128. The van der Waals surface area contributed by atoms with E-state index in [0.29, 0.717) is 12.6 Å². The minimum atomic E-state index is -0.774. The monoisotopic (exact) mass is 303 g/mol. The predicted molar refractivity (Wildman–Crippen MR) is 68.2 cm³/mol. The molecule has 0 radical (unpaired) electrons. The van der Waals surface area contributed by atoms with E-state index in [9.17, 15) is 8.78 Å². The highest BCUT2D eigenvalue weighted by molar-refractivity contribution is 9.09. The maximum Gasteiger partial charge on any atom is 0.159 e. The van der Waals surface area contributed by atoms with Gasteiger partial charge in [0.2, 0.25) is 0 Å². The molecule has 4 heteroatoms. The smallest absolute Gasteiger partial charge is 0.159 e. The van der Waals surface area contributed by atoms with Crippen LogP contribution in [-0.2, 0) is 6.54 Å². The number of hydrogen-bond donors (Lipinski definition) is 0. The number of nitrogens with zero attached hydrogens (tertiary/aromatic N) is 1. The summed E-state index contributed by atoms with van der Waals surface area (Å²) in [6.45, 7) is 1.65. The van der Waals surface area contributed by atoms with Crippen LogP contribution in [0.5, 0.6) is 0 Å². The summed E-state index contributed by atoms with van der Waals surface area (Å²) < 4.78 is 25.9. The fourth-order valence-electron chi connectivity index (χ4n) is 2.12. The van der Waals surface area contributed by atoms with Gasteiger partial charge in [0, 0.05) is 24.5 Å². The second kappa shape index (κ2) is 5.91. The molecule has 0 amide bonds. The zero-order valence-corrected chi connectivity index (χ0v) is 11.2. The van der Waals surface area contributed by atoms with Gasteiger partial charge in [0.05, 0.1) is 0 Å². The summed E-state index contributed by atoms with van der Waals surface area (Å²) in [6.07, 6.45) is 3.72. The zero-order valence-electron chi connectivity index (χ0n) is 9.63. The highest BCUT2D eigenvalue weighted by Gasteiger charge is 2.24. The van der Waals surface area contributed by atoms with Crippen molar-refractivity contribution < 1.29 is 8.78 Å². The lowest BCUT2D eigenvalue weighted by Crippen LogP contribution is -2.40. The number of halogens is 3. The first-order chi connectivity index (χ1) is 8.20. The third kappa shape index (κ3) is 3.26. The molecule has 1 aromatic rings. The van der Waals surface area contributed by atoms with Crippen LogP contribution in [0.4, 0.5) is 8.78 Å². The Morgan fingerprint density at radius 2 is 2.00 bits per heavy atom. The van der Waals surface area contributed by atoms with Crippen molar-refractivity contribution in [1.82, 2.24) is 4.90 Å². The molecule has 0 spiro atoms. The Morgan fingerprint density at radius 3 is 2.53 bits per heavy atom.